The Hall–Kier alpha value is -3.76. The molecule has 7 nitrogen and oxygen atoms in total. The van der Waals surface area contributed by atoms with Gasteiger partial charge in [-0.25, -0.2) is 14.8 Å². The number of aromatic nitrogens is 3. The highest BCUT2D eigenvalue weighted by Crippen LogP contribution is 2.38. The van der Waals surface area contributed by atoms with E-state index in [0.29, 0.717) is 12.1 Å². The van der Waals surface area contributed by atoms with Crippen molar-refractivity contribution in [2.45, 2.75) is 37.9 Å². The Morgan fingerprint density at radius 2 is 1.97 bits per heavy atom. The van der Waals surface area contributed by atoms with Crippen LogP contribution in [0.15, 0.2) is 47.4 Å². The normalized spacial score (nSPS) is 15.2. The summed E-state index contributed by atoms with van der Waals surface area (Å²) < 4.78 is 56.9. The summed E-state index contributed by atoms with van der Waals surface area (Å²) >= 11 is 0. The van der Waals surface area contributed by atoms with Crippen LogP contribution in [-0.2, 0) is 0 Å². The number of nitrogens with one attached hydrogen (secondary N) is 1. The van der Waals surface area contributed by atoms with Crippen molar-refractivity contribution in [3.63, 3.8) is 0 Å². The van der Waals surface area contributed by atoms with Crippen molar-refractivity contribution in [2.24, 2.45) is 0 Å². The first-order chi connectivity index (χ1) is 15.6. The fraction of sp³-hybridized carbons (Fsp3) is 0.273. The van der Waals surface area contributed by atoms with Crippen LogP contribution in [0, 0.1) is 5.95 Å². The molecule has 0 fully saturated rings. The van der Waals surface area contributed by atoms with Gasteiger partial charge in [0, 0.05) is 17.8 Å². The minimum absolute atomic E-state index is 0.215. The van der Waals surface area contributed by atoms with E-state index in [4.69, 9.17) is 0 Å². The SMILES string of the molecule is O=C(O)c1nc(F)ccc1N[C@@H](c1cccn2c(=O)cc(C3=CCCCC3)nc12)C(F)(F)F. The van der Waals surface area contributed by atoms with Gasteiger partial charge in [0.1, 0.15) is 5.65 Å². The number of hydrogen-bond donors (Lipinski definition) is 2. The third-order valence-electron chi connectivity index (χ3n) is 5.34. The van der Waals surface area contributed by atoms with E-state index < -0.39 is 41.1 Å². The zero-order valence-corrected chi connectivity index (χ0v) is 17.1. The first-order valence-electron chi connectivity index (χ1n) is 10.1. The van der Waals surface area contributed by atoms with E-state index >= 15 is 0 Å². The molecule has 0 radical (unpaired) electrons. The highest BCUT2D eigenvalue weighted by Gasteiger charge is 2.43. The van der Waals surface area contributed by atoms with E-state index in [1.165, 1.54) is 18.3 Å². The number of alkyl halides is 3. The van der Waals surface area contributed by atoms with E-state index in [2.05, 4.69) is 15.3 Å². The van der Waals surface area contributed by atoms with Crippen LogP contribution in [0.5, 0.6) is 0 Å². The Morgan fingerprint density at radius 3 is 2.64 bits per heavy atom. The number of halogens is 4. The Labute approximate surface area is 184 Å². The molecule has 0 aromatic carbocycles. The molecule has 0 aliphatic heterocycles. The minimum Gasteiger partial charge on any atom is -0.476 e. The summed E-state index contributed by atoms with van der Waals surface area (Å²) in [6.07, 6.45) is 1.64. The van der Waals surface area contributed by atoms with Gasteiger partial charge in [0.2, 0.25) is 5.95 Å². The van der Waals surface area contributed by atoms with Gasteiger partial charge < -0.3 is 10.4 Å². The van der Waals surface area contributed by atoms with Gasteiger partial charge in [-0.05, 0) is 49.5 Å². The minimum atomic E-state index is -4.91. The van der Waals surface area contributed by atoms with Gasteiger partial charge in [-0.2, -0.15) is 17.6 Å². The molecule has 1 aliphatic rings. The molecule has 1 atom stereocenters. The van der Waals surface area contributed by atoms with Gasteiger partial charge in [0.25, 0.3) is 5.56 Å². The molecule has 0 unspecified atom stereocenters. The van der Waals surface area contributed by atoms with Crippen molar-refractivity contribution in [3.05, 3.63) is 75.9 Å². The molecule has 1 aliphatic carbocycles. The van der Waals surface area contributed by atoms with Crippen molar-refractivity contribution < 1.29 is 27.5 Å². The van der Waals surface area contributed by atoms with Crippen LogP contribution in [0.1, 0.15) is 53.5 Å². The number of hydrogen-bond acceptors (Lipinski definition) is 5. The lowest BCUT2D eigenvalue weighted by atomic mass is 9.97. The second kappa shape index (κ2) is 8.64. The lowest BCUT2D eigenvalue weighted by Gasteiger charge is -2.24. The van der Waals surface area contributed by atoms with Gasteiger partial charge in [-0.1, -0.05) is 12.1 Å². The maximum absolute atomic E-state index is 14.2. The topological polar surface area (TPSA) is 96.6 Å². The molecule has 0 bridgehead atoms. The molecule has 172 valence electrons. The fourth-order valence-electron chi connectivity index (χ4n) is 3.81. The monoisotopic (exact) mass is 462 g/mol. The van der Waals surface area contributed by atoms with Crippen LogP contribution in [-0.4, -0.2) is 31.6 Å². The number of aromatic carboxylic acids is 1. The lowest BCUT2D eigenvalue weighted by molar-refractivity contribution is -0.143. The fourth-order valence-corrected chi connectivity index (χ4v) is 3.81. The molecule has 0 saturated heterocycles. The molecule has 0 amide bonds. The van der Waals surface area contributed by atoms with Gasteiger partial charge >= 0.3 is 12.1 Å². The van der Waals surface area contributed by atoms with Crippen LogP contribution >= 0.6 is 0 Å². The molecular formula is C22H18F4N4O3. The van der Waals surface area contributed by atoms with Gasteiger partial charge in [-0.15, -0.1) is 0 Å². The van der Waals surface area contributed by atoms with Crippen LogP contribution in [0.25, 0.3) is 11.2 Å². The first-order valence-corrected chi connectivity index (χ1v) is 10.1. The summed E-state index contributed by atoms with van der Waals surface area (Å²) in [5.74, 6) is -2.85. The Kier molecular flexibility index (Phi) is 5.88. The van der Waals surface area contributed by atoms with Crippen molar-refractivity contribution in [1.29, 1.82) is 0 Å². The largest absolute Gasteiger partial charge is 0.476 e. The highest BCUT2D eigenvalue weighted by atomic mass is 19.4. The number of carboxylic acid groups (broad SMARTS) is 1. The average molecular weight is 462 g/mol. The number of anilines is 1. The quantitative estimate of drug-likeness (QED) is 0.425. The van der Waals surface area contributed by atoms with E-state index in [0.717, 1.165) is 47.4 Å². The Balaban J connectivity index is 1.88. The molecule has 11 heteroatoms. The zero-order chi connectivity index (χ0) is 23.8. The van der Waals surface area contributed by atoms with E-state index in [1.807, 2.05) is 6.08 Å². The van der Waals surface area contributed by atoms with Crippen molar-refractivity contribution in [1.82, 2.24) is 14.4 Å². The molecule has 3 aromatic rings. The molecule has 3 heterocycles. The number of allylic oxidation sites excluding steroid dienone is 2. The van der Waals surface area contributed by atoms with Gasteiger partial charge in [0.15, 0.2) is 11.7 Å². The number of fused-ring (bicyclic) bond motifs is 1. The molecule has 33 heavy (non-hydrogen) atoms. The van der Waals surface area contributed by atoms with Crippen molar-refractivity contribution >= 4 is 22.9 Å². The molecular weight excluding hydrogens is 444 g/mol. The predicted molar refractivity (Wildman–Crippen MR) is 111 cm³/mol. The van der Waals surface area contributed by atoms with E-state index in [-0.39, 0.29) is 11.2 Å². The molecule has 2 N–H and O–H groups in total. The second-order valence-corrected chi connectivity index (χ2v) is 7.57. The lowest BCUT2D eigenvalue weighted by Crippen LogP contribution is -2.30. The Bertz CT molecular complexity index is 1320. The number of nitrogens with zero attached hydrogens (tertiary/aromatic N) is 3. The maximum atomic E-state index is 14.2. The van der Waals surface area contributed by atoms with Crippen molar-refractivity contribution in [2.75, 3.05) is 5.32 Å². The molecule has 0 spiro atoms. The summed E-state index contributed by atoms with van der Waals surface area (Å²) in [6, 6.07) is 2.89. The van der Waals surface area contributed by atoms with Crippen LogP contribution in [0.3, 0.4) is 0 Å². The van der Waals surface area contributed by atoms with Crippen LogP contribution < -0.4 is 10.9 Å². The second-order valence-electron chi connectivity index (χ2n) is 7.57. The van der Waals surface area contributed by atoms with E-state index in [1.54, 1.807) is 0 Å². The summed E-state index contributed by atoms with van der Waals surface area (Å²) in [4.78, 5) is 31.6. The summed E-state index contributed by atoms with van der Waals surface area (Å²) in [5, 5.41) is 11.4. The number of rotatable bonds is 5. The first kappa shape index (κ1) is 22.4. The number of pyridine rings is 2. The van der Waals surface area contributed by atoms with Crippen LogP contribution in [0.2, 0.25) is 0 Å². The zero-order valence-electron chi connectivity index (χ0n) is 17.1. The third-order valence-corrected chi connectivity index (χ3v) is 5.34. The van der Waals surface area contributed by atoms with Crippen molar-refractivity contribution in [3.8, 4) is 0 Å². The summed E-state index contributed by atoms with van der Waals surface area (Å²) in [5.41, 5.74) is -1.47. The number of carbonyl (C=O) groups is 1. The molecule has 0 saturated carbocycles. The maximum Gasteiger partial charge on any atom is 0.412 e. The summed E-state index contributed by atoms with van der Waals surface area (Å²) in [6.45, 7) is 0. The highest BCUT2D eigenvalue weighted by molar-refractivity contribution is 5.92. The smallest absolute Gasteiger partial charge is 0.412 e. The third kappa shape index (κ3) is 4.57. The Morgan fingerprint density at radius 1 is 1.18 bits per heavy atom. The van der Waals surface area contributed by atoms with Gasteiger partial charge in [0.05, 0.1) is 11.4 Å². The predicted octanol–water partition coefficient (Wildman–Crippen LogP) is 4.60. The van der Waals surface area contributed by atoms with E-state index in [9.17, 15) is 32.3 Å². The standard InChI is InChI=1S/C22H18F4N4O3/c23-16-9-8-14(18(29-16)21(32)33)27-19(22(24,25)26)13-7-4-10-30-17(31)11-15(28-20(13)30)12-5-2-1-3-6-12/h4-5,7-11,19,27H,1-3,6H2,(H,32,33)/t19-/m0/s1. The number of carboxylic acids is 1. The molecule has 3 aromatic heterocycles. The van der Waals surface area contributed by atoms with Gasteiger partial charge in [-0.3, -0.25) is 9.20 Å². The summed E-state index contributed by atoms with van der Waals surface area (Å²) in [7, 11) is 0. The average Bonchev–Trinajstić information content (AvgIpc) is 2.77. The molecule has 4 rings (SSSR count). The van der Waals surface area contributed by atoms with Crippen LogP contribution in [0.4, 0.5) is 23.2 Å².